The van der Waals surface area contributed by atoms with Crippen LogP contribution in [-0.2, 0) is 0 Å². The normalized spacial score (nSPS) is 20.5. The summed E-state index contributed by atoms with van der Waals surface area (Å²) in [5.41, 5.74) is 0. The Morgan fingerprint density at radius 3 is 2.94 bits per heavy atom. The van der Waals surface area contributed by atoms with Crippen LogP contribution in [0.2, 0.25) is 5.15 Å². The van der Waals surface area contributed by atoms with Crippen LogP contribution in [0.1, 0.15) is 38.9 Å². The van der Waals surface area contributed by atoms with Crippen LogP contribution in [0.3, 0.4) is 0 Å². The fourth-order valence-electron chi connectivity index (χ4n) is 2.02. The van der Waals surface area contributed by atoms with Gasteiger partial charge in [-0.2, -0.15) is 11.8 Å². The van der Waals surface area contributed by atoms with Crippen LogP contribution >= 0.6 is 23.4 Å². The van der Waals surface area contributed by atoms with Gasteiger partial charge in [-0.05, 0) is 6.42 Å². The molecule has 0 aromatic carbocycles. The third-order valence-electron chi connectivity index (χ3n) is 3.13. The molecule has 1 aromatic heterocycles. The predicted octanol–water partition coefficient (Wildman–Crippen LogP) is 3.59. The fraction of sp³-hybridized carbons (Fsp3) is 0.692. The van der Waals surface area contributed by atoms with E-state index in [0.29, 0.717) is 16.3 Å². The Balaban J connectivity index is 2.21. The maximum atomic E-state index is 6.10. The number of nitrogens with zero attached hydrogens (tertiary/aromatic N) is 3. The van der Waals surface area contributed by atoms with Crippen molar-refractivity contribution in [3.8, 4) is 0 Å². The first-order chi connectivity index (χ1) is 8.60. The van der Waals surface area contributed by atoms with Crippen LogP contribution in [0.4, 0.5) is 5.82 Å². The topological polar surface area (TPSA) is 29.0 Å². The van der Waals surface area contributed by atoms with Crippen LogP contribution in [0.25, 0.3) is 0 Å². The SMILES string of the molecule is CCC1CN(c2cc(Cl)nc(C(C)C)n2)CCS1. The van der Waals surface area contributed by atoms with E-state index < -0.39 is 0 Å². The summed E-state index contributed by atoms with van der Waals surface area (Å²) in [6.07, 6.45) is 1.21. The summed E-state index contributed by atoms with van der Waals surface area (Å²) >= 11 is 8.16. The van der Waals surface area contributed by atoms with Crippen molar-refractivity contribution in [2.24, 2.45) is 0 Å². The zero-order valence-electron chi connectivity index (χ0n) is 11.2. The molecule has 0 saturated carbocycles. The summed E-state index contributed by atoms with van der Waals surface area (Å²) in [6, 6.07) is 1.89. The first-order valence-corrected chi connectivity index (χ1v) is 7.93. The summed E-state index contributed by atoms with van der Waals surface area (Å²) in [6.45, 7) is 8.54. The average Bonchev–Trinajstić information content (AvgIpc) is 2.38. The maximum Gasteiger partial charge on any atom is 0.135 e. The first kappa shape index (κ1) is 13.9. The van der Waals surface area contributed by atoms with Gasteiger partial charge in [-0.25, -0.2) is 9.97 Å². The number of halogens is 1. The minimum absolute atomic E-state index is 0.309. The van der Waals surface area contributed by atoms with Gasteiger partial charge in [0, 0.05) is 36.1 Å². The molecule has 0 N–H and O–H groups in total. The molecule has 1 unspecified atom stereocenters. The predicted molar refractivity (Wildman–Crippen MR) is 79.9 cm³/mol. The lowest BCUT2D eigenvalue weighted by molar-refractivity contribution is 0.705. The lowest BCUT2D eigenvalue weighted by Gasteiger charge is -2.33. The van der Waals surface area contributed by atoms with E-state index in [9.17, 15) is 0 Å². The monoisotopic (exact) mass is 285 g/mol. The Bertz CT molecular complexity index is 411. The van der Waals surface area contributed by atoms with Gasteiger partial charge in [0.15, 0.2) is 0 Å². The second-order valence-electron chi connectivity index (χ2n) is 4.91. The molecule has 0 radical (unpaired) electrons. The van der Waals surface area contributed by atoms with E-state index in [2.05, 4.69) is 47.4 Å². The third kappa shape index (κ3) is 3.29. The van der Waals surface area contributed by atoms with Gasteiger partial charge in [0.1, 0.15) is 16.8 Å². The highest BCUT2D eigenvalue weighted by Crippen LogP contribution is 2.26. The minimum Gasteiger partial charge on any atom is -0.355 e. The van der Waals surface area contributed by atoms with Gasteiger partial charge in [0.2, 0.25) is 0 Å². The van der Waals surface area contributed by atoms with Gasteiger partial charge in [0.25, 0.3) is 0 Å². The molecule has 2 heterocycles. The molecule has 0 spiro atoms. The van der Waals surface area contributed by atoms with Crippen molar-refractivity contribution in [1.82, 2.24) is 9.97 Å². The molecular weight excluding hydrogens is 266 g/mol. The number of rotatable bonds is 3. The van der Waals surface area contributed by atoms with E-state index in [1.165, 1.54) is 6.42 Å². The second-order valence-corrected chi connectivity index (χ2v) is 6.70. The largest absolute Gasteiger partial charge is 0.355 e. The maximum absolute atomic E-state index is 6.10. The van der Waals surface area contributed by atoms with Gasteiger partial charge in [-0.15, -0.1) is 0 Å². The molecule has 1 aliphatic heterocycles. The lowest BCUT2D eigenvalue weighted by atomic mass is 10.2. The Hall–Kier alpha value is -0.480. The van der Waals surface area contributed by atoms with Gasteiger partial charge >= 0.3 is 0 Å². The molecule has 18 heavy (non-hydrogen) atoms. The van der Waals surface area contributed by atoms with E-state index >= 15 is 0 Å². The van der Waals surface area contributed by atoms with Crippen molar-refractivity contribution in [3.05, 3.63) is 17.0 Å². The number of aromatic nitrogens is 2. The van der Waals surface area contributed by atoms with Crippen molar-refractivity contribution >= 4 is 29.2 Å². The van der Waals surface area contributed by atoms with E-state index in [1.54, 1.807) is 0 Å². The van der Waals surface area contributed by atoms with Crippen LogP contribution in [0.15, 0.2) is 6.07 Å². The van der Waals surface area contributed by atoms with E-state index in [1.807, 2.05) is 6.07 Å². The molecule has 1 atom stereocenters. The number of thioether (sulfide) groups is 1. The second kappa shape index (κ2) is 6.11. The van der Waals surface area contributed by atoms with Crippen molar-refractivity contribution in [3.63, 3.8) is 0 Å². The molecule has 1 saturated heterocycles. The highest BCUT2D eigenvalue weighted by molar-refractivity contribution is 8.00. The van der Waals surface area contributed by atoms with Crippen LogP contribution < -0.4 is 4.90 Å². The molecule has 5 heteroatoms. The number of hydrogen-bond acceptors (Lipinski definition) is 4. The van der Waals surface area contributed by atoms with Gasteiger partial charge in [-0.1, -0.05) is 32.4 Å². The molecule has 0 amide bonds. The highest BCUT2D eigenvalue weighted by Gasteiger charge is 2.21. The Morgan fingerprint density at radius 2 is 2.28 bits per heavy atom. The first-order valence-electron chi connectivity index (χ1n) is 6.51. The summed E-state index contributed by atoms with van der Waals surface area (Å²) in [5, 5.41) is 1.25. The quantitative estimate of drug-likeness (QED) is 0.794. The fourth-order valence-corrected chi connectivity index (χ4v) is 3.38. The van der Waals surface area contributed by atoms with Crippen molar-refractivity contribution < 1.29 is 0 Å². The summed E-state index contributed by atoms with van der Waals surface area (Å²) in [7, 11) is 0. The zero-order valence-corrected chi connectivity index (χ0v) is 12.8. The molecule has 100 valence electrons. The van der Waals surface area contributed by atoms with Gasteiger partial charge in [0.05, 0.1) is 0 Å². The molecule has 2 rings (SSSR count). The zero-order chi connectivity index (χ0) is 13.1. The molecule has 0 aliphatic carbocycles. The Labute approximate surface area is 118 Å². The molecule has 0 bridgehead atoms. The van der Waals surface area contributed by atoms with E-state index in [4.69, 9.17) is 11.6 Å². The van der Waals surface area contributed by atoms with E-state index in [-0.39, 0.29) is 0 Å². The molecule has 1 fully saturated rings. The molecule has 1 aliphatic rings. The smallest absolute Gasteiger partial charge is 0.135 e. The lowest BCUT2D eigenvalue weighted by Crippen LogP contribution is -2.38. The molecular formula is C13H20ClN3S. The number of anilines is 1. The van der Waals surface area contributed by atoms with E-state index in [0.717, 1.165) is 30.5 Å². The van der Waals surface area contributed by atoms with Crippen molar-refractivity contribution in [2.75, 3.05) is 23.7 Å². The van der Waals surface area contributed by atoms with Crippen LogP contribution in [-0.4, -0.2) is 34.1 Å². The summed E-state index contributed by atoms with van der Waals surface area (Å²) in [4.78, 5) is 11.3. The third-order valence-corrected chi connectivity index (χ3v) is 4.70. The Morgan fingerprint density at radius 1 is 1.50 bits per heavy atom. The standard InChI is InChI=1S/C13H20ClN3S/c1-4-10-8-17(5-6-18-10)12-7-11(14)15-13(16-12)9(2)3/h7,9-10H,4-6,8H2,1-3H3. The van der Waals surface area contributed by atoms with Gasteiger partial charge < -0.3 is 4.90 Å². The van der Waals surface area contributed by atoms with Crippen molar-refractivity contribution in [1.29, 1.82) is 0 Å². The summed E-state index contributed by atoms with van der Waals surface area (Å²) < 4.78 is 0. The van der Waals surface area contributed by atoms with Crippen LogP contribution in [0, 0.1) is 0 Å². The van der Waals surface area contributed by atoms with Crippen LogP contribution in [0.5, 0.6) is 0 Å². The Kier molecular flexibility index (Phi) is 4.73. The molecule has 1 aromatic rings. The average molecular weight is 286 g/mol. The number of hydrogen-bond donors (Lipinski definition) is 0. The highest BCUT2D eigenvalue weighted by atomic mass is 35.5. The van der Waals surface area contributed by atoms with Gasteiger partial charge in [-0.3, -0.25) is 0 Å². The minimum atomic E-state index is 0.309. The van der Waals surface area contributed by atoms with Crippen molar-refractivity contribution in [2.45, 2.75) is 38.4 Å². The molecule has 3 nitrogen and oxygen atoms in total. The summed E-state index contributed by atoms with van der Waals surface area (Å²) in [5.74, 6) is 3.29.